The minimum atomic E-state index is -0.596. The molecule has 23 heavy (non-hydrogen) atoms. The molecule has 2 aromatic heterocycles. The van der Waals surface area contributed by atoms with E-state index in [1.165, 1.54) is 13.3 Å². The molecular formula is C16H14N2O5. The van der Waals surface area contributed by atoms with E-state index in [-0.39, 0.29) is 12.3 Å². The highest BCUT2D eigenvalue weighted by atomic mass is 16.5. The minimum absolute atomic E-state index is 0.0216. The number of pyridine rings is 1. The Kier molecular flexibility index (Phi) is 4.09. The number of methoxy groups -OCH3 is 2. The smallest absolute Gasteiger partial charge is 0.361 e. The fraction of sp³-hybridized carbons (Fsp3) is 0.188. The van der Waals surface area contributed by atoms with E-state index in [1.807, 2.05) is 0 Å². The van der Waals surface area contributed by atoms with E-state index in [4.69, 9.17) is 18.7 Å². The second-order valence-electron chi connectivity index (χ2n) is 4.63. The lowest BCUT2D eigenvalue weighted by Crippen LogP contribution is -2.07. The molecular weight excluding hydrogens is 300 g/mol. The number of esters is 1. The van der Waals surface area contributed by atoms with Crippen LogP contribution in [0.15, 0.2) is 41.2 Å². The SMILES string of the molecule is COc1cccc(COC(=O)c2noc3ccncc23)c1OC. The molecule has 7 nitrogen and oxygen atoms in total. The van der Waals surface area contributed by atoms with Crippen molar-refractivity contribution in [3.05, 3.63) is 47.9 Å². The minimum Gasteiger partial charge on any atom is -0.493 e. The number of nitrogens with zero attached hydrogens (tertiary/aromatic N) is 2. The number of carbonyl (C=O) groups is 1. The van der Waals surface area contributed by atoms with Gasteiger partial charge >= 0.3 is 5.97 Å². The van der Waals surface area contributed by atoms with Gasteiger partial charge in [-0.15, -0.1) is 0 Å². The van der Waals surface area contributed by atoms with Crippen molar-refractivity contribution in [2.75, 3.05) is 14.2 Å². The van der Waals surface area contributed by atoms with Crippen LogP contribution in [0.1, 0.15) is 16.1 Å². The molecule has 1 aromatic carbocycles. The maximum absolute atomic E-state index is 12.2. The molecule has 118 valence electrons. The Morgan fingerprint density at radius 3 is 2.87 bits per heavy atom. The van der Waals surface area contributed by atoms with Crippen molar-refractivity contribution in [1.82, 2.24) is 10.1 Å². The zero-order valence-corrected chi connectivity index (χ0v) is 12.6. The van der Waals surface area contributed by atoms with E-state index in [2.05, 4.69) is 10.1 Å². The Balaban J connectivity index is 1.80. The van der Waals surface area contributed by atoms with Crippen molar-refractivity contribution in [1.29, 1.82) is 0 Å². The molecule has 0 saturated carbocycles. The van der Waals surface area contributed by atoms with Crippen LogP contribution in [0.5, 0.6) is 11.5 Å². The van der Waals surface area contributed by atoms with Crippen LogP contribution in [0.3, 0.4) is 0 Å². The number of aromatic nitrogens is 2. The number of hydrogen-bond donors (Lipinski definition) is 0. The molecule has 0 aliphatic carbocycles. The maximum atomic E-state index is 12.2. The molecule has 0 aliphatic rings. The van der Waals surface area contributed by atoms with Crippen LogP contribution >= 0.6 is 0 Å². The van der Waals surface area contributed by atoms with Gasteiger partial charge in [-0.25, -0.2) is 4.79 Å². The van der Waals surface area contributed by atoms with E-state index in [0.29, 0.717) is 28.0 Å². The summed E-state index contributed by atoms with van der Waals surface area (Å²) in [6.45, 7) is 0.0216. The number of para-hydroxylation sites is 1. The predicted octanol–water partition coefficient (Wildman–Crippen LogP) is 2.60. The summed E-state index contributed by atoms with van der Waals surface area (Å²) < 4.78 is 20.9. The molecule has 0 saturated heterocycles. The predicted molar refractivity (Wildman–Crippen MR) is 80.5 cm³/mol. The van der Waals surface area contributed by atoms with Crippen LogP contribution in [0, 0.1) is 0 Å². The summed E-state index contributed by atoms with van der Waals surface area (Å²) in [6.07, 6.45) is 3.07. The first-order valence-electron chi connectivity index (χ1n) is 6.81. The number of fused-ring (bicyclic) bond motifs is 1. The lowest BCUT2D eigenvalue weighted by Gasteiger charge is -2.12. The molecule has 0 bridgehead atoms. The number of rotatable bonds is 5. The molecule has 0 unspecified atom stereocenters. The Morgan fingerprint density at radius 1 is 1.22 bits per heavy atom. The third kappa shape index (κ3) is 2.80. The fourth-order valence-electron chi connectivity index (χ4n) is 2.21. The number of benzene rings is 1. The van der Waals surface area contributed by atoms with Gasteiger partial charge in [-0.3, -0.25) is 4.98 Å². The number of ether oxygens (including phenoxy) is 3. The quantitative estimate of drug-likeness (QED) is 0.669. The molecule has 0 fully saturated rings. The van der Waals surface area contributed by atoms with Gasteiger partial charge in [-0.1, -0.05) is 17.3 Å². The zero-order chi connectivity index (χ0) is 16.2. The van der Waals surface area contributed by atoms with Gasteiger partial charge in [0.25, 0.3) is 0 Å². The summed E-state index contributed by atoms with van der Waals surface area (Å²) in [5.41, 5.74) is 1.26. The highest BCUT2D eigenvalue weighted by Crippen LogP contribution is 2.31. The molecule has 2 heterocycles. The standard InChI is InChI=1S/C16H14N2O5/c1-20-13-5-3-4-10(15(13)21-2)9-22-16(19)14-11-8-17-7-6-12(11)23-18-14/h3-8H,9H2,1-2H3. The lowest BCUT2D eigenvalue weighted by atomic mass is 10.2. The molecule has 3 aromatic rings. The van der Waals surface area contributed by atoms with Crippen LogP contribution in [0.25, 0.3) is 11.0 Å². The summed E-state index contributed by atoms with van der Waals surface area (Å²) in [5, 5.41) is 4.25. The van der Waals surface area contributed by atoms with Crippen LogP contribution in [-0.4, -0.2) is 30.3 Å². The fourth-order valence-corrected chi connectivity index (χ4v) is 2.21. The van der Waals surface area contributed by atoms with Gasteiger partial charge in [0.15, 0.2) is 17.1 Å². The Bertz CT molecular complexity index is 843. The summed E-state index contributed by atoms with van der Waals surface area (Å²) in [7, 11) is 3.07. The molecule has 0 spiro atoms. The first-order chi connectivity index (χ1) is 11.2. The monoisotopic (exact) mass is 314 g/mol. The van der Waals surface area contributed by atoms with Crippen molar-refractivity contribution in [2.24, 2.45) is 0 Å². The van der Waals surface area contributed by atoms with E-state index in [9.17, 15) is 4.79 Å². The van der Waals surface area contributed by atoms with Crippen LogP contribution in [0.4, 0.5) is 0 Å². The molecule has 7 heteroatoms. The molecule has 0 N–H and O–H groups in total. The van der Waals surface area contributed by atoms with Crippen LogP contribution < -0.4 is 9.47 Å². The first kappa shape index (κ1) is 14.8. The normalized spacial score (nSPS) is 10.5. The van der Waals surface area contributed by atoms with E-state index in [0.717, 1.165) is 0 Å². The molecule has 3 rings (SSSR count). The van der Waals surface area contributed by atoms with Gasteiger partial charge in [0, 0.05) is 24.0 Å². The average molecular weight is 314 g/mol. The van der Waals surface area contributed by atoms with Gasteiger partial charge in [0.05, 0.1) is 19.6 Å². The van der Waals surface area contributed by atoms with Crippen LogP contribution in [0.2, 0.25) is 0 Å². The van der Waals surface area contributed by atoms with E-state index in [1.54, 1.807) is 37.6 Å². The third-order valence-electron chi connectivity index (χ3n) is 3.31. The third-order valence-corrected chi connectivity index (χ3v) is 3.31. The van der Waals surface area contributed by atoms with Crippen molar-refractivity contribution in [3.8, 4) is 11.5 Å². The largest absolute Gasteiger partial charge is 0.493 e. The second-order valence-corrected chi connectivity index (χ2v) is 4.63. The molecule has 0 amide bonds. The zero-order valence-electron chi connectivity index (χ0n) is 12.6. The van der Waals surface area contributed by atoms with Gasteiger partial charge in [-0.2, -0.15) is 0 Å². The Labute approximate surface area is 131 Å². The summed E-state index contributed by atoms with van der Waals surface area (Å²) in [6, 6.07) is 6.97. The van der Waals surface area contributed by atoms with Crippen LogP contribution in [-0.2, 0) is 11.3 Å². The van der Waals surface area contributed by atoms with Gasteiger partial charge < -0.3 is 18.7 Å². The van der Waals surface area contributed by atoms with Gasteiger partial charge in [0.2, 0.25) is 5.69 Å². The first-order valence-corrected chi connectivity index (χ1v) is 6.81. The summed E-state index contributed by atoms with van der Waals surface area (Å²) in [5.74, 6) is 0.494. The van der Waals surface area contributed by atoms with Crippen molar-refractivity contribution < 1.29 is 23.5 Å². The lowest BCUT2D eigenvalue weighted by molar-refractivity contribution is 0.0460. The number of carbonyl (C=O) groups excluding carboxylic acids is 1. The second kappa shape index (κ2) is 6.35. The molecule has 0 aliphatic heterocycles. The number of hydrogen-bond acceptors (Lipinski definition) is 7. The highest BCUT2D eigenvalue weighted by molar-refractivity contribution is 6.00. The Morgan fingerprint density at radius 2 is 2.09 bits per heavy atom. The van der Waals surface area contributed by atoms with E-state index < -0.39 is 5.97 Å². The molecule has 0 atom stereocenters. The van der Waals surface area contributed by atoms with Gasteiger partial charge in [-0.05, 0) is 6.07 Å². The summed E-state index contributed by atoms with van der Waals surface area (Å²) >= 11 is 0. The maximum Gasteiger partial charge on any atom is 0.361 e. The van der Waals surface area contributed by atoms with Crippen molar-refractivity contribution >= 4 is 16.9 Å². The van der Waals surface area contributed by atoms with Gasteiger partial charge in [0.1, 0.15) is 6.61 Å². The van der Waals surface area contributed by atoms with Crippen molar-refractivity contribution in [2.45, 2.75) is 6.61 Å². The average Bonchev–Trinajstić information content (AvgIpc) is 3.03. The van der Waals surface area contributed by atoms with Crippen molar-refractivity contribution in [3.63, 3.8) is 0 Å². The Hall–Kier alpha value is -3.09. The highest BCUT2D eigenvalue weighted by Gasteiger charge is 2.19. The summed E-state index contributed by atoms with van der Waals surface area (Å²) in [4.78, 5) is 16.2. The van der Waals surface area contributed by atoms with E-state index >= 15 is 0 Å². The molecule has 0 radical (unpaired) electrons. The topological polar surface area (TPSA) is 83.7 Å².